The molecular weight excluding hydrogens is 237 g/mol. The van der Waals surface area contributed by atoms with E-state index in [1.165, 1.54) is 10.6 Å². The van der Waals surface area contributed by atoms with E-state index in [0.29, 0.717) is 12.1 Å². The van der Waals surface area contributed by atoms with Crippen molar-refractivity contribution in [3.63, 3.8) is 0 Å². The van der Waals surface area contributed by atoms with Crippen LogP contribution in [0.5, 0.6) is 0 Å². The van der Waals surface area contributed by atoms with Gasteiger partial charge in [0.15, 0.2) is 0 Å². The summed E-state index contributed by atoms with van der Waals surface area (Å²) in [4.78, 5) is 4.40. The van der Waals surface area contributed by atoms with Crippen molar-refractivity contribution in [2.24, 2.45) is 0 Å². The second-order valence-corrected chi connectivity index (χ2v) is 7.53. The fraction of sp³-hybridized carbons (Fsp3) is 1.00. The van der Waals surface area contributed by atoms with E-state index in [1.807, 2.05) is 0 Å². The first-order valence-corrected chi connectivity index (χ1v) is 8.77. The Morgan fingerprint density at radius 1 is 0.833 bits per heavy atom. The fourth-order valence-electron chi connectivity index (χ4n) is 1.06. The van der Waals surface area contributed by atoms with Gasteiger partial charge in [0.2, 0.25) is 0 Å². The van der Waals surface area contributed by atoms with E-state index in [1.54, 1.807) is 0 Å². The molecule has 0 amide bonds. The third kappa shape index (κ3) is 14.5. The number of hydrogen-bond acceptors (Lipinski definition) is 2. The molecular formula is C14H34AlN3. The summed E-state index contributed by atoms with van der Waals surface area (Å²) in [5.74, 6) is 0. The molecule has 0 N–H and O–H groups in total. The molecule has 0 aliphatic carbocycles. The van der Waals surface area contributed by atoms with E-state index in [2.05, 4.69) is 71.0 Å². The fourth-order valence-corrected chi connectivity index (χ4v) is 1.64. The molecule has 0 aromatic heterocycles. The van der Waals surface area contributed by atoms with Crippen molar-refractivity contribution in [3.8, 4) is 0 Å². The van der Waals surface area contributed by atoms with Crippen molar-refractivity contribution in [2.45, 2.75) is 50.3 Å². The predicted molar refractivity (Wildman–Crippen MR) is 86.1 cm³/mol. The van der Waals surface area contributed by atoms with Crippen LogP contribution in [-0.2, 0) is 0 Å². The van der Waals surface area contributed by atoms with E-state index in [4.69, 9.17) is 0 Å². The zero-order valence-electron chi connectivity index (χ0n) is 13.9. The summed E-state index contributed by atoms with van der Waals surface area (Å²) in [5, 5.41) is 7.38. The minimum absolute atomic E-state index is 0.550. The Morgan fingerprint density at radius 2 is 1.17 bits per heavy atom. The van der Waals surface area contributed by atoms with E-state index < -0.39 is 0 Å². The second-order valence-electron chi connectivity index (χ2n) is 5.32. The molecule has 0 saturated heterocycles. The summed E-state index contributed by atoms with van der Waals surface area (Å²) in [6.07, 6.45) is 0. The van der Waals surface area contributed by atoms with Crippen LogP contribution in [0.15, 0.2) is 0 Å². The molecule has 0 saturated carbocycles. The van der Waals surface area contributed by atoms with Gasteiger partial charge in [0.1, 0.15) is 0 Å². The number of hydrogen-bond donors (Lipinski definition) is 0. The summed E-state index contributed by atoms with van der Waals surface area (Å²) < 4.78 is 0. The van der Waals surface area contributed by atoms with Gasteiger partial charge >= 0.3 is 39.6 Å². The van der Waals surface area contributed by atoms with Crippen LogP contribution in [0.1, 0.15) is 27.7 Å². The zero-order chi connectivity index (χ0) is 14.6. The zero-order valence-corrected chi connectivity index (χ0v) is 15.1. The van der Waals surface area contributed by atoms with Gasteiger partial charge < -0.3 is 15.1 Å². The average molecular weight is 271 g/mol. The van der Waals surface area contributed by atoms with Gasteiger partial charge in [-0.3, -0.25) is 0 Å². The number of nitrogens with zero attached hydrogens (tertiary/aromatic N) is 3. The monoisotopic (exact) mass is 271 g/mol. The Morgan fingerprint density at radius 3 is 1.33 bits per heavy atom. The van der Waals surface area contributed by atoms with E-state index in [-0.39, 0.29) is 0 Å². The summed E-state index contributed by atoms with van der Waals surface area (Å²) >= 11 is 0.815. The average Bonchev–Trinajstić information content (AvgIpc) is 2.30. The van der Waals surface area contributed by atoms with Crippen molar-refractivity contribution >= 4 is 15.2 Å². The number of likely N-dealkylation sites (N-methyl/N-ethyl adjacent to an activating group) is 2. The van der Waals surface area contributed by atoms with Crippen LogP contribution in [0.2, 0.25) is 10.6 Å². The van der Waals surface area contributed by atoms with Crippen LogP contribution >= 0.6 is 0 Å². The van der Waals surface area contributed by atoms with Crippen molar-refractivity contribution in [3.05, 3.63) is 5.32 Å². The molecule has 0 spiro atoms. The van der Waals surface area contributed by atoms with Gasteiger partial charge in [-0.05, 0) is 40.3 Å². The summed E-state index contributed by atoms with van der Waals surface area (Å²) in [5.41, 5.74) is 0. The van der Waals surface area contributed by atoms with Crippen LogP contribution < -0.4 is 0 Å². The molecule has 0 rings (SSSR count). The third-order valence-corrected chi connectivity index (χ3v) is 4.28. The first kappa shape index (κ1) is 20.7. The van der Waals surface area contributed by atoms with Crippen molar-refractivity contribution in [2.75, 3.05) is 41.3 Å². The second kappa shape index (κ2) is 13.8. The van der Waals surface area contributed by atoms with Gasteiger partial charge in [-0.2, -0.15) is 0 Å². The Labute approximate surface area is 122 Å². The predicted octanol–water partition coefficient (Wildman–Crippen LogP) is 2.83. The van der Waals surface area contributed by atoms with Gasteiger partial charge in [0.25, 0.3) is 0 Å². The molecule has 0 heterocycles. The van der Waals surface area contributed by atoms with Gasteiger partial charge in [0.05, 0.1) is 0 Å². The molecule has 0 aromatic rings. The van der Waals surface area contributed by atoms with Crippen LogP contribution in [-0.4, -0.2) is 78.4 Å². The van der Waals surface area contributed by atoms with E-state index in [9.17, 15) is 0 Å². The van der Waals surface area contributed by atoms with Crippen LogP contribution in [0.25, 0.3) is 5.32 Å². The maximum atomic E-state index is 4.53. The third-order valence-electron chi connectivity index (χ3n) is 3.13. The summed E-state index contributed by atoms with van der Waals surface area (Å²) in [7, 11) is 8.37. The van der Waals surface area contributed by atoms with E-state index >= 15 is 0 Å². The summed E-state index contributed by atoms with van der Waals surface area (Å²) in [6.45, 7) is 10.8. The molecule has 0 bridgehead atoms. The first-order chi connectivity index (χ1) is 8.36. The normalized spacial score (nSPS) is 13.9. The Hall–Kier alpha value is 0.412. The molecule has 4 heteroatoms. The quantitative estimate of drug-likeness (QED) is 0.633. The Balaban J connectivity index is 0. The van der Waals surface area contributed by atoms with Crippen molar-refractivity contribution < 1.29 is 0 Å². The molecule has 0 aliphatic heterocycles. The SMILES string of the molecule is CC(C[N-]CC(C)N(C)C)N(C)C.C[CH2][Al+][CH2]C. The Kier molecular flexibility index (Phi) is 15.9. The standard InChI is InChI=1S/C10H24N3.2C2H5.Al/c1-9(12(3)4)7-11-8-10(2)13(5)6;2*1-2;/h9-10H,7-8H2,1-6H3;2*1H2,2H3;/q-1;;;+1. The molecule has 0 aliphatic rings. The van der Waals surface area contributed by atoms with Gasteiger partial charge in [-0.25, -0.2) is 0 Å². The van der Waals surface area contributed by atoms with Crippen LogP contribution in [0.3, 0.4) is 0 Å². The molecule has 0 aromatic carbocycles. The van der Waals surface area contributed by atoms with Crippen molar-refractivity contribution in [1.29, 1.82) is 0 Å². The minimum atomic E-state index is 0.550. The molecule has 2 unspecified atom stereocenters. The molecule has 2 atom stereocenters. The van der Waals surface area contributed by atoms with Gasteiger partial charge in [0, 0.05) is 0 Å². The number of rotatable bonds is 8. The van der Waals surface area contributed by atoms with Gasteiger partial charge in [-0.1, -0.05) is 13.8 Å². The Bertz CT molecular complexity index is 147. The summed E-state index contributed by atoms with van der Waals surface area (Å²) in [6, 6.07) is 1.10. The molecule has 0 fully saturated rings. The van der Waals surface area contributed by atoms with Crippen LogP contribution in [0.4, 0.5) is 0 Å². The maximum absolute atomic E-state index is 4.53. The van der Waals surface area contributed by atoms with E-state index in [0.717, 1.165) is 28.3 Å². The molecule has 0 radical (unpaired) electrons. The van der Waals surface area contributed by atoms with Crippen molar-refractivity contribution in [1.82, 2.24) is 9.80 Å². The first-order valence-electron chi connectivity index (χ1n) is 7.14. The molecule has 18 heavy (non-hydrogen) atoms. The van der Waals surface area contributed by atoms with Crippen LogP contribution in [0, 0.1) is 0 Å². The topological polar surface area (TPSA) is 20.6 Å². The molecule has 108 valence electrons. The van der Waals surface area contributed by atoms with Gasteiger partial charge in [-0.15, -0.1) is 13.1 Å². The molecule has 3 nitrogen and oxygen atoms in total.